The number of thioether (sulfide) groups is 1. The number of hydrogen-bond acceptors (Lipinski definition) is 7. The quantitative estimate of drug-likeness (QED) is 0.468. The molecule has 0 aliphatic heterocycles. The number of hydrogen-bond donors (Lipinski definition) is 3. The van der Waals surface area contributed by atoms with Gasteiger partial charge in [0.25, 0.3) is 5.91 Å². The van der Waals surface area contributed by atoms with Crippen LogP contribution in [0, 0.1) is 34.5 Å². The van der Waals surface area contributed by atoms with E-state index in [0.717, 1.165) is 0 Å². The molecule has 2 saturated carbocycles. The molecule has 1 spiro atoms. The van der Waals surface area contributed by atoms with E-state index in [4.69, 9.17) is 10.5 Å². The van der Waals surface area contributed by atoms with Crippen LogP contribution in [0.4, 0.5) is 0 Å². The van der Waals surface area contributed by atoms with E-state index in [1.54, 1.807) is 43.8 Å². The molecule has 2 fully saturated rings. The van der Waals surface area contributed by atoms with Gasteiger partial charge in [0.2, 0.25) is 0 Å². The highest BCUT2D eigenvalue weighted by molar-refractivity contribution is 8.00. The van der Waals surface area contributed by atoms with Crippen molar-refractivity contribution in [1.82, 2.24) is 16.5 Å². The van der Waals surface area contributed by atoms with E-state index in [-0.39, 0.29) is 17.4 Å². The maximum Gasteiger partial charge on any atom is 0.252 e. The lowest BCUT2D eigenvalue weighted by molar-refractivity contribution is 0.0961. The van der Waals surface area contributed by atoms with Crippen LogP contribution in [0.15, 0.2) is 36.7 Å². The van der Waals surface area contributed by atoms with Gasteiger partial charge in [0.1, 0.15) is 11.1 Å². The molecule has 2 aliphatic rings. The summed E-state index contributed by atoms with van der Waals surface area (Å²) < 4.78 is 5.41. The molecular weight excluding hydrogens is 410 g/mol. The molecule has 2 aliphatic carbocycles. The van der Waals surface area contributed by atoms with Gasteiger partial charge in [-0.15, -0.1) is 11.8 Å². The van der Waals surface area contributed by atoms with Crippen LogP contribution in [-0.2, 0) is 0 Å². The number of nitriles is 1. The largest absolute Gasteiger partial charge is 0.496 e. The van der Waals surface area contributed by atoms with Gasteiger partial charge in [-0.25, -0.2) is 0 Å². The first kappa shape index (κ1) is 22.6. The van der Waals surface area contributed by atoms with Crippen molar-refractivity contribution in [1.29, 1.82) is 5.26 Å². The van der Waals surface area contributed by atoms with Gasteiger partial charge >= 0.3 is 0 Å². The molecule has 31 heavy (non-hydrogen) atoms. The topological polar surface area (TPSA) is 136 Å². The first-order valence-corrected chi connectivity index (χ1v) is 10.8. The minimum atomic E-state index is -0.328. The van der Waals surface area contributed by atoms with Gasteiger partial charge in [0, 0.05) is 29.4 Å². The molecule has 1 aromatic heterocycles. The van der Waals surface area contributed by atoms with Crippen molar-refractivity contribution in [2.75, 3.05) is 13.0 Å². The number of aromatic nitrogens is 1. The highest BCUT2D eigenvalue weighted by atomic mass is 32.2. The Hall–Kier alpha value is -3.04. The first-order valence-electron chi connectivity index (χ1n) is 9.75. The van der Waals surface area contributed by atoms with Gasteiger partial charge in [-0.1, -0.05) is 11.8 Å². The molecule has 1 amide bonds. The van der Waals surface area contributed by atoms with Gasteiger partial charge in [0.15, 0.2) is 0 Å². The van der Waals surface area contributed by atoms with Crippen LogP contribution in [0.1, 0.15) is 35.2 Å². The fraction of sp³-hybridized carbons (Fsp3) is 0.348. The zero-order valence-corrected chi connectivity index (χ0v) is 18.2. The number of ether oxygens (including phenoxy) is 1. The molecule has 7 nitrogen and oxygen atoms in total. The van der Waals surface area contributed by atoms with Crippen molar-refractivity contribution in [3.63, 3.8) is 0 Å². The van der Waals surface area contributed by atoms with Gasteiger partial charge in [0.05, 0.1) is 30.2 Å². The monoisotopic (exact) mass is 435 g/mol. The number of nitrogens with one attached hydrogen (secondary N) is 1. The molecule has 160 valence electrons. The van der Waals surface area contributed by atoms with Gasteiger partial charge in [-0.05, 0) is 48.9 Å². The number of benzene rings is 1. The Balaban J connectivity index is 0.00000272. The number of pyridine rings is 1. The van der Waals surface area contributed by atoms with Crippen molar-refractivity contribution in [2.45, 2.75) is 24.6 Å². The molecule has 2 aromatic rings. The van der Waals surface area contributed by atoms with E-state index in [1.807, 2.05) is 0 Å². The molecule has 1 aromatic carbocycles. The van der Waals surface area contributed by atoms with Crippen LogP contribution in [-0.4, -0.2) is 29.3 Å². The lowest BCUT2D eigenvalue weighted by Gasteiger charge is -2.13. The van der Waals surface area contributed by atoms with E-state index in [0.29, 0.717) is 45.2 Å². The third-order valence-electron chi connectivity index (χ3n) is 5.66. The lowest BCUT2D eigenvalue weighted by Crippen LogP contribution is -2.26. The second-order valence-corrected chi connectivity index (χ2v) is 8.72. The summed E-state index contributed by atoms with van der Waals surface area (Å²) in [6, 6.07) is 8.83. The molecule has 0 saturated heterocycles. The van der Waals surface area contributed by atoms with E-state index >= 15 is 0 Å². The van der Waals surface area contributed by atoms with E-state index < -0.39 is 0 Å². The van der Waals surface area contributed by atoms with Crippen molar-refractivity contribution >= 4 is 17.7 Å². The second-order valence-electron chi connectivity index (χ2n) is 7.59. The minimum absolute atomic E-state index is 0. The third-order valence-corrected chi connectivity index (χ3v) is 6.45. The predicted molar refractivity (Wildman–Crippen MR) is 121 cm³/mol. The molecule has 2 atom stereocenters. The van der Waals surface area contributed by atoms with Crippen molar-refractivity contribution in [3.05, 3.63) is 47.8 Å². The fourth-order valence-electron chi connectivity index (χ4n) is 3.58. The molecule has 4 rings (SSSR count). The summed E-state index contributed by atoms with van der Waals surface area (Å²) >= 11 is 1.39. The lowest BCUT2D eigenvalue weighted by atomic mass is 9.99. The van der Waals surface area contributed by atoms with Crippen LogP contribution in [0.3, 0.4) is 0 Å². The Bertz CT molecular complexity index is 1080. The zero-order valence-electron chi connectivity index (χ0n) is 17.4. The smallest absolute Gasteiger partial charge is 0.252 e. The van der Waals surface area contributed by atoms with Crippen molar-refractivity contribution in [3.8, 4) is 34.8 Å². The number of amides is 1. The predicted octanol–water partition coefficient (Wildman–Crippen LogP) is 3.30. The van der Waals surface area contributed by atoms with Crippen molar-refractivity contribution in [2.24, 2.45) is 17.1 Å². The zero-order chi connectivity index (χ0) is 21.1. The van der Waals surface area contributed by atoms with Crippen LogP contribution in [0.5, 0.6) is 5.75 Å². The summed E-state index contributed by atoms with van der Waals surface area (Å²) in [5.41, 5.74) is 8.77. The molecule has 0 radical (unpaired) electrons. The average molecular weight is 436 g/mol. The number of nitrogens with two attached hydrogens (primary N) is 1. The summed E-state index contributed by atoms with van der Waals surface area (Å²) in [5, 5.41) is 11.8. The SMILES string of the molecule is COc1ccc(C#N)cc1-c1cnccc1C(=O)NCSC(N)C#CC1CC12CC2.N. The maximum atomic E-state index is 12.8. The number of rotatable bonds is 6. The van der Waals surface area contributed by atoms with Crippen molar-refractivity contribution < 1.29 is 9.53 Å². The van der Waals surface area contributed by atoms with Crippen LogP contribution < -0.4 is 21.9 Å². The highest BCUT2D eigenvalue weighted by Crippen LogP contribution is 2.70. The molecule has 0 bridgehead atoms. The normalized spacial score (nSPS) is 17.9. The summed E-state index contributed by atoms with van der Waals surface area (Å²) in [4.78, 5) is 17.0. The summed E-state index contributed by atoms with van der Waals surface area (Å²) in [7, 11) is 1.55. The van der Waals surface area contributed by atoms with Crippen LogP contribution in [0.2, 0.25) is 0 Å². The van der Waals surface area contributed by atoms with Gasteiger partial charge in [-0.2, -0.15) is 5.26 Å². The summed E-state index contributed by atoms with van der Waals surface area (Å²) in [6.07, 6.45) is 6.99. The van der Waals surface area contributed by atoms with Gasteiger partial charge < -0.3 is 21.9 Å². The highest BCUT2D eigenvalue weighted by Gasteiger charge is 2.62. The Morgan fingerprint density at radius 2 is 2.23 bits per heavy atom. The number of methoxy groups -OCH3 is 1. The van der Waals surface area contributed by atoms with E-state index in [2.05, 4.69) is 28.2 Å². The minimum Gasteiger partial charge on any atom is -0.496 e. The van der Waals surface area contributed by atoms with Gasteiger partial charge in [-0.3, -0.25) is 9.78 Å². The van der Waals surface area contributed by atoms with Crippen LogP contribution in [0.25, 0.3) is 11.1 Å². The van der Waals surface area contributed by atoms with E-state index in [9.17, 15) is 10.1 Å². The molecule has 1 heterocycles. The molecular formula is C23H25N5O2S. The Kier molecular flexibility index (Phi) is 6.87. The molecule has 2 unspecified atom stereocenters. The molecule has 6 N–H and O–H groups in total. The van der Waals surface area contributed by atoms with Crippen LogP contribution >= 0.6 is 11.8 Å². The first-order chi connectivity index (χ1) is 14.6. The fourth-order valence-corrected chi connectivity index (χ4v) is 4.12. The second kappa shape index (κ2) is 9.40. The standard InChI is InChI=1S/C23H22N4O2S.H3N/c1-29-20-4-2-15(12-24)10-18(20)19-13-26-9-6-17(19)22(28)27-14-30-21(25)5-3-16-11-23(16)7-8-23;/h2,4,6,9-10,13,16,21H,7-8,11,14,25H2,1H3,(H,27,28);1H3. The Morgan fingerprint density at radius 3 is 2.90 bits per heavy atom. The van der Waals surface area contributed by atoms with E-state index in [1.165, 1.54) is 31.0 Å². The molecule has 8 heteroatoms. The number of carbonyl (C=O) groups excluding carboxylic acids is 1. The maximum absolute atomic E-state index is 12.8. The summed E-state index contributed by atoms with van der Waals surface area (Å²) in [5.74, 6) is 7.57. The average Bonchev–Trinajstić information content (AvgIpc) is 3.70. The third kappa shape index (κ3) is 5.00. The number of carbonyl (C=O) groups is 1. The number of nitrogens with zero attached hydrogens (tertiary/aromatic N) is 2. The Labute approximate surface area is 186 Å². The Morgan fingerprint density at radius 1 is 1.42 bits per heavy atom. The summed E-state index contributed by atoms with van der Waals surface area (Å²) in [6.45, 7) is 0.